The van der Waals surface area contributed by atoms with Crippen molar-refractivity contribution in [3.8, 4) is 0 Å². The van der Waals surface area contributed by atoms with Crippen LogP contribution in [0.5, 0.6) is 0 Å². The van der Waals surface area contributed by atoms with E-state index in [-0.39, 0.29) is 11.0 Å². The van der Waals surface area contributed by atoms with Crippen molar-refractivity contribution in [2.75, 3.05) is 13.6 Å². The molecular formula is C20H37N. The molecular weight excluding hydrogens is 254 g/mol. The quantitative estimate of drug-likeness (QED) is 0.411. The average molecular weight is 292 g/mol. The van der Waals surface area contributed by atoms with Crippen LogP contribution >= 0.6 is 0 Å². The molecule has 0 saturated carbocycles. The summed E-state index contributed by atoms with van der Waals surface area (Å²) < 4.78 is 0. The zero-order valence-electron chi connectivity index (χ0n) is 15.7. The molecule has 0 N–H and O–H groups in total. The number of hydrogen-bond acceptors (Lipinski definition) is 1. The Morgan fingerprint density at radius 2 is 1.62 bits per heavy atom. The van der Waals surface area contributed by atoms with Gasteiger partial charge in [0.15, 0.2) is 0 Å². The van der Waals surface area contributed by atoms with E-state index in [1.54, 1.807) is 0 Å². The maximum Gasteiger partial charge on any atom is 0.0168 e. The van der Waals surface area contributed by atoms with Gasteiger partial charge in [0.25, 0.3) is 0 Å². The molecule has 0 spiro atoms. The first-order valence-electron chi connectivity index (χ1n) is 8.23. The van der Waals surface area contributed by atoms with E-state index < -0.39 is 0 Å². The summed E-state index contributed by atoms with van der Waals surface area (Å²) in [4.78, 5) is 2.36. The van der Waals surface area contributed by atoms with E-state index in [1.165, 1.54) is 11.1 Å². The highest BCUT2D eigenvalue weighted by molar-refractivity contribution is 5.21. The maximum absolute atomic E-state index is 4.24. The smallest absolute Gasteiger partial charge is 0.0168 e. The van der Waals surface area contributed by atoms with Crippen LogP contribution in [0.2, 0.25) is 0 Å². The highest BCUT2D eigenvalue weighted by Crippen LogP contribution is 2.28. The van der Waals surface area contributed by atoms with Gasteiger partial charge in [-0.1, -0.05) is 63.6 Å². The highest BCUT2D eigenvalue weighted by atomic mass is 15.1. The third kappa shape index (κ3) is 8.93. The topological polar surface area (TPSA) is 3.24 Å². The van der Waals surface area contributed by atoms with Crippen molar-refractivity contribution in [1.29, 1.82) is 0 Å². The van der Waals surface area contributed by atoms with E-state index in [2.05, 4.69) is 85.2 Å². The lowest BCUT2D eigenvalue weighted by Gasteiger charge is -2.30. The molecule has 21 heavy (non-hydrogen) atoms. The second-order valence-corrected chi connectivity index (χ2v) is 7.99. The van der Waals surface area contributed by atoms with Gasteiger partial charge in [0.1, 0.15) is 0 Å². The third-order valence-corrected chi connectivity index (χ3v) is 4.10. The van der Waals surface area contributed by atoms with Crippen LogP contribution in [0.4, 0.5) is 0 Å². The Kier molecular flexibility index (Phi) is 8.25. The van der Waals surface area contributed by atoms with Gasteiger partial charge in [-0.25, -0.2) is 0 Å². The van der Waals surface area contributed by atoms with Crippen LogP contribution in [-0.4, -0.2) is 24.0 Å². The van der Waals surface area contributed by atoms with E-state index in [0.29, 0.717) is 0 Å². The Morgan fingerprint density at radius 3 is 2.05 bits per heavy atom. The monoisotopic (exact) mass is 291 g/mol. The summed E-state index contributed by atoms with van der Waals surface area (Å²) in [5, 5.41) is 0. The zero-order valence-corrected chi connectivity index (χ0v) is 15.7. The van der Waals surface area contributed by atoms with E-state index in [4.69, 9.17) is 0 Å². The number of hydrogen-bond donors (Lipinski definition) is 0. The molecule has 122 valence electrons. The molecule has 0 unspecified atom stereocenters. The fourth-order valence-corrected chi connectivity index (χ4v) is 1.82. The fraction of sp³-hybridized carbons (Fsp3) is 0.700. The van der Waals surface area contributed by atoms with Crippen LogP contribution in [0.25, 0.3) is 0 Å². The van der Waals surface area contributed by atoms with E-state index in [0.717, 1.165) is 25.8 Å². The van der Waals surface area contributed by atoms with Crippen LogP contribution in [0.1, 0.15) is 67.7 Å². The van der Waals surface area contributed by atoms with Gasteiger partial charge in [-0.2, -0.15) is 0 Å². The average Bonchev–Trinajstić information content (AvgIpc) is 2.32. The van der Waals surface area contributed by atoms with Crippen LogP contribution in [0.3, 0.4) is 0 Å². The summed E-state index contributed by atoms with van der Waals surface area (Å²) in [6.45, 7) is 20.9. The summed E-state index contributed by atoms with van der Waals surface area (Å²) in [6.07, 6.45) is 10.2. The lowest BCUT2D eigenvalue weighted by atomic mass is 9.84. The second kappa shape index (κ2) is 8.58. The Morgan fingerprint density at radius 1 is 1.05 bits per heavy atom. The van der Waals surface area contributed by atoms with Gasteiger partial charge in [0, 0.05) is 12.1 Å². The molecule has 0 saturated heterocycles. The Hall–Kier alpha value is -0.820. The van der Waals surface area contributed by atoms with Gasteiger partial charge in [0.2, 0.25) is 0 Å². The number of nitrogens with zero attached hydrogens (tertiary/aromatic N) is 1. The summed E-state index contributed by atoms with van der Waals surface area (Å²) in [7, 11) is 2.18. The van der Waals surface area contributed by atoms with Crippen molar-refractivity contribution in [2.24, 2.45) is 5.41 Å². The molecule has 0 aliphatic heterocycles. The van der Waals surface area contributed by atoms with Gasteiger partial charge in [-0.15, -0.1) is 0 Å². The third-order valence-electron chi connectivity index (χ3n) is 4.10. The largest absolute Gasteiger partial charge is 0.298 e. The van der Waals surface area contributed by atoms with Gasteiger partial charge >= 0.3 is 0 Å². The van der Waals surface area contributed by atoms with Gasteiger partial charge in [0.05, 0.1) is 0 Å². The number of allylic oxidation sites excluding steroid dienone is 4. The van der Waals surface area contributed by atoms with Gasteiger partial charge in [-0.05, 0) is 52.5 Å². The molecule has 0 atom stereocenters. The number of rotatable bonds is 7. The molecule has 0 bridgehead atoms. The summed E-state index contributed by atoms with van der Waals surface area (Å²) in [5.41, 5.74) is 3.21. The minimum Gasteiger partial charge on any atom is -0.298 e. The van der Waals surface area contributed by atoms with Crippen molar-refractivity contribution in [2.45, 2.75) is 73.3 Å². The molecule has 0 rings (SSSR count). The normalized spacial score (nSPS) is 14.2. The van der Waals surface area contributed by atoms with Gasteiger partial charge < -0.3 is 0 Å². The van der Waals surface area contributed by atoms with Crippen molar-refractivity contribution < 1.29 is 0 Å². The lowest BCUT2D eigenvalue weighted by Crippen LogP contribution is -2.37. The molecule has 1 nitrogen and oxygen atoms in total. The molecule has 0 fully saturated rings. The maximum atomic E-state index is 4.24. The standard InChI is InChI=1S/C20H37N/c1-10-12-18(15-14-17(2)19(3,4)5)13-11-16-21(9)20(6,7)8/h11-13H,2,10,14-16H2,1,3-9H3/b13-11-,18-12+. The van der Waals surface area contributed by atoms with E-state index in [1.807, 2.05) is 0 Å². The molecule has 0 heterocycles. The van der Waals surface area contributed by atoms with Crippen molar-refractivity contribution in [3.63, 3.8) is 0 Å². The SMILES string of the molecule is C=C(CCC(/C=C\CN(C)C(C)(C)C)=C/CC)C(C)(C)C. The van der Waals surface area contributed by atoms with Crippen molar-refractivity contribution in [3.05, 3.63) is 36.0 Å². The first kappa shape index (κ1) is 20.2. The van der Waals surface area contributed by atoms with E-state index in [9.17, 15) is 0 Å². The van der Waals surface area contributed by atoms with Crippen molar-refractivity contribution >= 4 is 0 Å². The van der Waals surface area contributed by atoms with E-state index >= 15 is 0 Å². The summed E-state index contributed by atoms with van der Waals surface area (Å²) >= 11 is 0. The van der Waals surface area contributed by atoms with Crippen LogP contribution in [-0.2, 0) is 0 Å². The summed E-state index contributed by atoms with van der Waals surface area (Å²) in [5.74, 6) is 0. The second-order valence-electron chi connectivity index (χ2n) is 7.99. The van der Waals surface area contributed by atoms with Crippen molar-refractivity contribution in [1.82, 2.24) is 4.90 Å². The minimum absolute atomic E-state index is 0.216. The van der Waals surface area contributed by atoms with Crippen LogP contribution < -0.4 is 0 Å². The molecule has 0 aliphatic carbocycles. The highest BCUT2D eigenvalue weighted by Gasteiger charge is 2.15. The molecule has 0 aliphatic rings. The minimum atomic E-state index is 0.216. The number of likely N-dealkylation sites (N-methyl/N-ethyl adjacent to an activating group) is 1. The zero-order chi connectivity index (χ0) is 16.7. The lowest BCUT2D eigenvalue weighted by molar-refractivity contribution is 0.195. The fourth-order valence-electron chi connectivity index (χ4n) is 1.82. The summed E-state index contributed by atoms with van der Waals surface area (Å²) in [6, 6.07) is 0. The van der Waals surface area contributed by atoms with Crippen LogP contribution in [0, 0.1) is 5.41 Å². The van der Waals surface area contributed by atoms with Crippen LogP contribution in [0.15, 0.2) is 36.0 Å². The predicted octanol–water partition coefficient (Wildman–Crippen LogP) is 5.99. The first-order chi connectivity index (χ1) is 9.48. The molecule has 0 aromatic carbocycles. The Labute approximate surface area is 133 Å². The molecule has 0 radical (unpaired) electrons. The molecule has 0 aromatic heterocycles. The molecule has 1 heteroatoms. The predicted molar refractivity (Wildman–Crippen MR) is 97.7 cm³/mol. The molecule has 0 amide bonds. The first-order valence-corrected chi connectivity index (χ1v) is 8.23. The Bertz CT molecular complexity index is 372. The van der Waals surface area contributed by atoms with Gasteiger partial charge in [-0.3, -0.25) is 4.90 Å². The molecule has 0 aromatic rings. The Balaban J connectivity index is 4.52.